The Kier molecular flexibility index (Phi) is 4.10. The zero-order valence-electron chi connectivity index (χ0n) is 11.7. The number of H-pyrrole nitrogens is 1. The van der Waals surface area contributed by atoms with Crippen molar-refractivity contribution in [3.8, 4) is 0 Å². The molecular formula is C13H18N4O2S. The molecule has 108 valence electrons. The normalized spacial score (nSPS) is 13.2. The van der Waals surface area contributed by atoms with Crippen LogP contribution in [0, 0.1) is 0 Å². The minimum atomic E-state index is -3.56. The summed E-state index contributed by atoms with van der Waals surface area (Å²) in [6, 6.07) is 6.31. The van der Waals surface area contributed by atoms with E-state index in [4.69, 9.17) is 0 Å². The lowest BCUT2D eigenvalue weighted by atomic mass is 10.3. The molecule has 7 heteroatoms. The average molecular weight is 294 g/mol. The van der Waals surface area contributed by atoms with Crippen LogP contribution in [0.2, 0.25) is 0 Å². The monoisotopic (exact) mass is 294 g/mol. The molecule has 0 spiro atoms. The lowest BCUT2D eigenvalue weighted by Gasteiger charge is -2.14. The fourth-order valence-electron chi connectivity index (χ4n) is 1.79. The van der Waals surface area contributed by atoms with Crippen LogP contribution in [-0.2, 0) is 10.0 Å². The molecule has 1 aromatic carbocycles. The van der Waals surface area contributed by atoms with Gasteiger partial charge < -0.3 is 9.88 Å². The first-order valence-electron chi connectivity index (χ1n) is 6.19. The summed E-state index contributed by atoms with van der Waals surface area (Å²) in [7, 11) is 0.250. The summed E-state index contributed by atoms with van der Waals surface area (Å²) in [6.45, 7) is 1.74. The molecule has 2 rings (SSSR count). The zero-order chi connectivity index (χ0) is 14.8. The van der Waals surface area contributed by atoms with Crippen LogP contribution >= 0.6 is 0 Å². The number of sulfonamides is 1. The topological polar surface area (TPSA) is 78.1 Å². The molecular weight excluding hydrogens is 276 g/mol. The standard InChI is InChI=1S/C13H18N4O2S/c1-10(13-14-8-9-15-13)16-20(18,19)12-6-4-11(5-7-12)17(2)3/h4-10,16H,1-3H3,(H,14,15). The molecule has 1 atom stereocenters. The molecule has 0 aliphatic heterocycles. The molecule has 0 radical (unpaired) electrons. The Hall–Kier alpha value is -1.86. The zero-order valence-corrected chi connectivity index (χ0v) is 12.5. The number of nitrogens with one attached hydrogen (secondary N) is 2. The van der Waals surface area contributed by atoms with Gasteiger partial charge in [-0.05, 0) is 31.2 Å². The fraction of sp³-hybridized carbons (Fsp3) is 0.308. The highest BCUT2D eigenvalue weighted by atomic mass is 32.2. The highest BCUT2D eigenvalue weighted by molar-refractivity contribution is 7.89. The number of aromatic nitrogens is 2. The largest absolute Gasteiger partial charge is 0.378 e. The van der Waals surface area contributed by atoms with E-state index in [1.54, 1.807) is 43.6 Å². The van der Waals surface area contributed by atoms with Gasteiger partial charge in [0.05, 0.1) is 10.9 Å². The third-order valence-electron chi connectivity index (χ3n) is 2.92. The van der Waals surface area contributed by atoms with Crippen molar-refractivity contribution in [1.29, 1.82) is 0 Å². The van der Waals surface area contributed by atoms with Crippen LogP contribution in [0.1, 0.15) is 18.8 Å². The van der Waals surface area contributed by atoms with E-state index in [2.05, 4.69) is 14.7 Å². The number of imidazole rings is 1. The Morgan fingerprint density at radius 3 is 2.40 bits per heavy atom. The number of benzene rings is 1. The summed E-state index contributed by atoms with van der Waals surface area (Å²) in [5, 5.41) is 0. The molecule has 0 saturated carbocycles. The average Bonchev–Trinajstić information content (AvgIpc) is 2.92. The van der Waals surface area contributed by atoms with Crippen molar-refractivity contribution in [2.24, 2.45) is 0 Å². The molecule has 1 heterocycles. The second-order valence-electron chi connectivity index (χ2n) is 4.71. The van der Waals surface area contributed by atoms with Crippen LogP contribution in [0.5, 0.6) is 0 Å². The third kappa shape index (κ3) is 3.17. The molecule has 0 saturated heterocycles. The molecule has 0 bridgehead atoms. The van der Waals surface area contributed by atoms with Gasteiger partial charge in [-0.2, -0.15) is 0 Å². The Balaban J connectivity index is 2.18. The van der Waals surface area contributed by atoms with Crippen LogP contribution in [0.15, 0.2) is 41.6 Å². The van der Waals surface area contributed by atoms with Gasteiger partial charge in [0, 0.05) is 32.2 Å². The fourth-order valence-corrected chi connectivity index (χ4v) is 3.00. The summed E-state index contributed by atoms with van der Waals surface area (Å²) in [6.07, 6.45) is 3.25. The third-order valence-corrected chi connectivity index (χ3v) is 4.48. The maximum absolute atomic E-state index is 12.3. The minimum absolute atomic E-state index is 0.238. The van der Waals surface area contributed by atoms with Crippen molar-refractivity contribution >= 4 is 15.7 Å². The van der Waals surface area contributed by atoms with Crippen molar-refractivity contribution < 1.29 is 8.42 Å². The van der Waals surface area contributed by atoms with E-state index >= 15 is 0 Å². The summed E-state index contributed by atoms with van der Waals surface area (Å²) >= 11 is 0. The number of aromatic amines is 1. The van der Waals surface area contributed by atoms with Crippen LogP contribution in [-0.4, -0.2) is 32.5 Å². The van der Waals surface area contributed by atoms with E-state index in [0.717, 1.165) is 5.69 Å². The number of hydrogen-bond acceptors (Lipinski definition) is 4. The van der Waals surface area contributed by atoms with Crippen LogP contribution in [0.4, 0.5) is 5.69 Å². The number of rotatable bonds is 5. The highest BCUT2D eigenvalue weighted by Gasteiger charge is 2.19. The second-order valence-corrected chi connectivity index (χ2v) is 6.42. The molecule has 0 aliphatic carbocycles. The van der Waals surface area contributed by atoms with Gasteiger partial charge in [0.1, 0.15) is 5.82 Å². The Bertz CT molecular complexity index is 648. The van der Waals surface area contributed by atoms with Gasteiger partial charge in [-0.3, -0.25) is 0 Å². The number of nitrogens with zero attached hydrogens (tertiary/aromatic N) is 2. The quantitative estimate of drug-likeness (QED) is 0.876. The molecule has 6 nitrogen and oxygen atoms in total. The number of anilines is 1. The second kappa shape index (κ2) is 5.64. The highest BCUT2D eigenvalue weighted by Crippen LogP contribution is 2.18. The molecule has 0 aliphatic rings. The molecule has 20 heavy (non-hydrogen) atoms. The van der Waals surface area contributed by atoms with Gasteiger partial charge in [0.2, 0.25) is 10.0 Å². The molecule has 0 amide bonds. The smallest absolute Gasteiger partial charge is 0.241 e. The molecule has 2 N–H and O–H groups in total. The predicted molar refractivity (Wildman–Crippen MR) is 78.1 cm³/mol. The van der Waals surface area contributed by atoms with Gasteiger partial charge in [0.25, 0.3) is 0 Å². The van der Waals surface area contributed by atoms with Gasteiger partial charge in [-0.15, -0.1) is 0 Å². The summed E-state index contributed by atoms with van der Waals surface area (Å²) in [4.78, 5) is 9.08. The van der Waals surface area contributed by atoms with E-state index in [0.29, 0.717) is 5.82 Å². The molecule has 1 aromatic heterocycles. The molecule has 2 aromatic rings. The van der Waals surface area contributed by atoms with Gasteiger partial charge in [-0.25, -0.2) is 18.1 Å². The Morgan fingerprint density at radius 1 is 1.25 bits per heavy atom. The van der Waals surface area contributed by atoms with Crippen molar-refractivity contribution in [1.82, 2.24) is 14.7 Å². The first-order valence-corrected chi connectivity index (χ1v) is 7.67. The van der Waals surface area contributed by atoms with Crippen LogP contribution < -0.4 is 9.62 Å². The van der Waals surface area contributed by atoms with E-state index < -0.39 is 16.1 Å². The Labute approximate surface area is 118 Å². The summed E-state index contributed by atoms with van der Waals surface area (Å²) in [5.41, 5.74) is 0.947. The van der Waals surface area contributed by atoms with Crippen molar-refractivity contribution in [3.05, 3.63) is 42.5 Å². The molecule has 1 unspecified atom stereocenters. The maximum atomic E-state index is 12.3. The van der Waals surface area contributed by atoms with E-state index in [-0.39, 0.29) is 4.90 Å². The first-order chi connectivity index (χ1) is 9.40. The van der Waals surface area contributed by atoms with Crippen molar-refractivity contribution in [2.75, 3.05) is 19.0 Å². The summed E-state index contributed by atoms with van der Waals surface area (Å²) in [5.74, 6) is 0.582. The number of hydrogen-bond donors (Lipinski definition) is 2. The van der Waals surface area contributed by atoms with E-state index in [1.807, 2.05) is 19.0 Å². The SMILES string of the molecule is CC(NS(=O)(=O)c1ccc(N(C)C)cc1)c1ncc[nH]1. The lowest BCUT2D eigenvalue weighted by Crippen LogP contribution is -2.27. The van der Waals surface area contributed by atoms with Crippen LogP contribution in [0.3, 0.4) is 0 Å². The lowest BCUT2D eigenvalue weighted by molar-refractivity contribution is 0.561. The molecule has 0 fully saturated rings. The Morgan fingerprint density at radius 2 is 1.90 bits per heavy atom. The minimum Gasteiger partial charge on any atom is -0.378 e. The first kappa shape index (κ1) is 14.5. The van der Waals surface area contributed by atoms with E-state index in [1.165, 1.54) is 0 Å². The summed E-state index contributed by atoms with van der Waals surface area (Å²) < 4.78 is 27.1. The van der Waals surface area contributed by atoms with Gasteiger partial charge in [0.15, 0.2) is 0 Å². The van der Waals surface area contributed by atoms with Crippen molar-refractivity contribution in [3.63, 3.8) is 0 Å². The maximum Gasteiger partial charge on any atom is 0.241 e. The van der Waals surface area contributed by atoms with Crippen molar-refractivity contribution in [2.45, 2.75) is 17.9 Å². The van der Waals surface area contributed by atoms with Gasteiger partial charge >= 0.3 is 0 Å². The predicted octanol–water partition coefficient (Wildman–Crippen LogP) is 1.52. The van der Waals surface area contributed by atoms with E-state index in [9.17, 15) is 8.42 Å². The van der Waals surface area contributed by atoms with Crippen LogP contribution in [0.25, 0.3) is 0 Å². The van der Waals surface area contributed by atoms with Gasteiger partial charge in [-0.1, -0.05) is 0 Å².